The van der Waals surface area contributed by atoms with Gasteiger partial charge in [-0.25, -0.2) is 0 Å². The van der Waals surface area contributed by atoms with Crippen LogP contribution in [0.3, 0.4) is 0 Å². The van der Waals surface area contributed by atoms with E-state index in [2.05, 4.69) is 35.9 Å². The molecule has 1 saturated heterocycles. The van der Waals surface area contributed by atoms with Crippen molar-refractivity contribution in [2.45, 2.75) is 23.4 Å². The third kappa shape index (κ3) is 4.69. The van der Waals surface area contributed by atoms with E-state index in [-0.39, 0.29) is 17.1 Å². The molecular formula is C14H22N4O2S2. The van der Waals surface area contributed by atoms with Crippen LogP contribution < -0.4 is 5.32 Å². The van der Waals surface area contributed by atoms with Crippen LogP contribution in [0.2, 0.25) is 0 Å². The van der Waals surface area contributed by atoms with E-state index in [4.69, 9.17) is 4.74 Å². The van der Waals surface area contributed by atoms with Gasteiger partial charge >= 0.3 is 0 Å². The van der Waals surface area contributed by atoms with Gasteiger partial charge in [-0.1, -0.05) is 43.0 Å². The van der Waals surface area contributed by atoms with Crippen molar-refractivity contribution in [1.82, 2.24) is 15.1 Å². The van der Waals surface area contributed by atoms with Gasteiger partial charge in [-0.2, -0.15) is 0 Å². The average molecular weight is 342 g/mol. The molecule has 1 fully saturated rings. The largest absolute Gasteiger partial charge is 0.378 e. The van der Waals surface area contributed by atoms with E-state index in [0.29, 0.717) is 32.8 Å². The SMILES string of the molecule is C=CCNc1nnc(SC(C(=O)N2CCOCC2)C(C)C)s1. The Bertz CT molecular complexity index is 501. The molecule has 6 nitrogen and oxygen atoms in total. The first-order valence-corrected chi connectivity index (χ1v) is 9.03. The highest BCUT2D eigenvalue weighted by atomic mass is 32.2. The van der Waals surface area contributed by atoms with Gasteiger partial charge in [0.15, 0.2) is 4.34 Å². The molecule has 0 bridgehead atoms. The summed E-state index contributed by atoms with van der Waals surface area (Å²) in [7, 11) is 0. The van der Waals surface area contributed by atoms with Crippen LogP contribution in [0.5, 0.6) is 0 Å². The van der Waals surface area contributed by atoms with Crippen LogP contribution in [0.1, 0.15) is 13.8 Å². The number of nitrogens with zero attached hydrogens (tertiary/aromatic N) is 3. The minimum absolute atomic E-state index is 0.140. The first kappa shape index (κ1) is 17.2. The summed E-state index contributed by atoms with van der Waals surface area (Å²) in [5, 5.41) is 12.0. The number of ether oxygens (including phenoxy) is 1. The second kappa shape index (κ2) is 8.50. The normalized spacial score (nSPS) is 16.6. The molecule has 2 heterocycles. The summed E-state index contributed by atoms with van der Waals surface area (Å²) >= 11 is 2.97. The summed E-state index contributed by atoms with van der Waals surface area (Å²) < 4.78 is 6.12. The molecule has 1 aliphatic heterocycles. The second-order valence-electron chi connectivity index (χ2n) is 5.26. The zero-order valence-electron chi connectivity index (χ0n) is 12.9. The predicted octanol–water partition coefficient (Wildman–Crippen LogP) is 2.11. The van der Waals surface area contributed by atoms with Crippen molar-refractivity contribution in [2.75, 3.05) is 38.2 Å². The third-order valence-corrected chi connectivity index (χ3v) is 5.70. The topological polar surface area (TPSA) is 67.4 Å². The molecule has 1 aromatic heterocycles. The fourth-order valence-corrected chi connectivity index (χ4v) is 4.08. The van der Waals surface area contributed by atoms with Crippen molar-refractivity contribution in [3.8, 4) is 0 Å². The number of aromatic nitrogens is 2. The molecule has 0 radical (unpaired) electrons. The van der Waals surface area contributed by atoms with E-state index in [0.717, 1.165) is 9.47 Å². The summed E-state index contributed by atoms with van der Waals surface area (Å²) in [5.41, 5.74) is 0. The Morgan fingerprint density at radius 1 is 1.50 bits per heavy atom. The van der Waals surface area contributed by atoms with Crippen LogP contribution in [0.25, 0.3) is 0 Å². The lowest BCUT2D eigenvalue weighted by atomic mass is 10.1. The van der Waals surface area contributed by atoms with E-state index >= 15 is 0 Å². The van der Waals surface area contributed by atoms with E-state index in [1.807, 2.05) is 4.90 Å². The first-order chi connectivity index (χ1) is 10.6. The Morgan fingerprint density at radius 2 is 2.23 bits per heavy atom. The lowest BCUT2D eigenvalue weighted by molar-refractivity contribution is -0.135. The van der Waals surface area contributed by atoms with E-state index in [1.165, 1.54) is 23.1 Å². The van der Waals surface area contributed by atoms with Crippen LogP contribution in [-0.4, -0.2) is 59.1 Å². The molecule has 122 valence electrons. The molecule has 22 heavy (non-hydrogen) atoms. The fourth-order valence-electron chi connectivity index (χ4n) is 2.03. The first-order valence-electron chi connectivity index (χ1n) is 7.33. The van der Waals surface area contributed by atoms with E-state index in [1.54, 1.807) is 6.08 Å². The number of amides is 1. The van der Waals surface area contributed by atoms with Gasteiger partial charge in [0.25, 0.3) is 0 Å². The summed E-state index contributed by atoms with van der Waals surface area (Å²) in [6, 6.07) is 0. The molecule has 0 aromatic carbocycles. The summed E-state index contributed by atoms with van der Waals surface area (Å²) in [6.45, 7) is 11.0. The molecule has 1 amide bonds. The molecule has 1 aliphatic rings. The lowest BCUT2D eigenvalue weighted by Crippen LogP contribution is -2.46. The van der Waals surface area contributed by atoms with Gasteiger partial charge in [0, 0.05) is 19.6 Å². The fraction of sp³-hybridized carbons (Fsp3) is 0.643. The number of morpholine rings is 1. The summed E-state index contributed by atoms with van der Waals surface area (Å²) in [4.78, 5) is 14.6. The van der Waals surface area contributed by atoms with Crippen molar-refractivity contribution in [2.24, 2.45) is 5.92 Å². The molecular weight excluding hydrogens is 320 g/mol. The van der Waals surface area contributed by atoms with Gasteiger partial charge in [-0.15, -0.1) is 16.8 Å². The van der Waals surface area contributed by atoms with Gasteiger partial charge < -0.3 is 15.0 Å². The maximum atomic E-state index is 12.7. The maximum absolute atomic E-state index is 12.7. The van der Waals surface area contributed by atoms with Crippen LogP contribution in [0, 0.1) is 5.92 Å². The maximum Gasteiger partial charge on any atom is 0.236 e. The minimum Gasteiger partial charge on any atom is -0.378 e. The smallest absolute Gasteiger partial charge is 0.236 e. The quantitative estimate of drug-likeness (QED) is 0.605. The highest BCUT2D eigenvalue weighted by molar-refractivity contribution is 8.02. The Hall–Kier alpha value is -1.12. The molecule has 1 aromatic rings. The van der Waals surface area contributed by atoms with Gasteiger partial charge in [0.2, 0.25) is 11.0 Å². The number of anilines is 1. The van der Waals surface area contributed by atoms with Gasteiger partial charge in [0.1, 0.15) is 0 Å². The Labute approximate surface area is 139 Å². The number of hydrogen-bond donors (Lipinski definition) is 1. The van der Waals surface area contributed by atoms with Crippen LogP contribution in [0.4, 0.5) is 5.13 Å². The van der Waals surface area contributed by atoms with Crippen LogP contribution >= 0.6 is 23.1 Å². The number of nitrogens with one attached hydrogen (secondary N) is 1. The number of rotatable bonds is 7. The molecule has 2 rings (SSSR count). The zero-order chi connectivity index (χ0) is 15.9. The van der Waals surface area contributed by atoms with Crippen molar-refractivity contribution in [3.63, 3.8) is 0 Å². The predicted molar refractivity (Wildman–Crippen MR) is 90.5 cm³/mol. The van der Waals surface area contributed by atoms with Gasteiger partial charge in [-0.3, -0.25) is 4.79 Å². The Kier molecular flexibility index (Phi) is 6.66. The minimum atomic E-state index is -0.140. The lowest BCUT2D eigenvalue weighted by Gasteiger charge is -2.31. The molecule has 1 atom stereocenters. The van der Waals surface area contributed by atoms with Crippen molar-refractivity contribution in [3.05, 3.63) is 12.7 Å². The molecule has 0 aliphatic carbocycles. The number of carbonyl (C=O) groups is 1. The van der Waals surface area contributed by atoms with Gasteiger partial charge in [-0.05, 0) is 5.92 Å². The van der Waals surface area contributed by atoms with E-state index < -0.39 is 0 Å². The Morgan fingerprint density at radius 3 is 2.86 bits per heavy atom. The van der Waals surface area contributed by atoms with Crippen molar-refractivity contribution >= 4 is 34.1 Å². The molecule has 0 spiro atoms. The zero-order valence-corrected chi connectivity index (χ0v) is 14.6. The standard InChI is InChI=1S/C14H22N4O2S2/c1-4-5-15-13-16-17-14(22-13)21-11(10(2)3)12(19)18-6-8-20-9-7-18/h4,10-11H,1,5-9H2,2-3H3,(H,15,16). The van der Waals surface area contributed by atoms with Crippen LogP contribution in [-0.2, 0) is 9.53 Å². The molecule has 8 heteroatoms. The van der Waals surface area contributed by atoms with Crippen LogP contribution in [0.15, 0.2) is 17.0 Å². The highest BCUT2D eigenvalue weighted by Crippen LogP contribution is 2.33. The summed E-state index contributed by atoms with van der Waals surface area (Å²) in [5.74, 6) is 0.396. The molecule has 1 unspecified atom stereocenters. The monoisotopic (exact) mass is 342 g/mol. The van der Waals surface area contributed by atoms with E-state index in [9.17, 15) is 4.79 Å². The van der Waals surface area contributed by atoms with Gasteiger partial charge in [0.05, 0.1) is 18.5 Å². The second-order valence-corrected chi connectivity index (χ2v) is 7.63. The average Bonchev–Trinajstić information content (AvgIpc) is 2.98. The van der Waals surface area contributed by atoms with Crippen molar-refractivity contribution < 1.29 is 9.53 Å². The third-order valence-electron chi connectivity index (χ3n) is 3.20. The Balaban J connectivity index is 2.00. The molecule has 1 N–H and O–H groups in total. The highest BCUT2D eigenvalue weighted by Gasteiger charge is 2.30. The summed E-state index contributed by atoms with van der Waals surface area (Å²) in [6.07, 6.45) is 1.77. The number of carbonyl (C=O) groups excluding carboxylic acids is 1. The molecule has 0 saturated carbocycles. The number of thioether (sulfide) groups is 1. The van der Waals surface area contributed by atoms with Crippen molar-refractivity contribution in [1.29, 1.82) is 0 Å². The number of hydrogen-bond acceptors (Lipinski definition) is 7.